The van der Waals surface area contributed by atoms with Crippen LogP contribution >= 0.6 is 0 Å². The van der Waals surface area contributed by atoms with Crippen molar-refractivity contribution in [3.63, 3.8) is 0 Å². The quantitative estimate of drug-likeness (QED) is 0.872. The smallest absolute Gasteiger partial charge is 0.303 e. The van der Waals surface area contributed by atoms with E-state index in [1.54, 1.807) is 23.9 Å². The number of nitrogens with zero attached hydrogens (tertiary/aromatic N) is 3. The van der Waals surface area contributed by atoms with Crippen LogP contribution in [0.4, 0.5) is 4.39 Å². The van der Waals surface area contributed by atoms with Crippen LogP contribution in [0.25, 0.3) is 5.69 Å². The molecule has 2 aromatic rings. The van der Waals surface area contributed by atoms with Crippen LogP contribution in [0.1, 0.15) is 41.0 Å². The summed E-state index contributed by atoms with van der Waals surface area (Å²) in [5.41, 5.74) is 3.08. The van der Waals surface area contributed by atoms with E-state index in [1.165, 1.54) is 17.0 Å². The Morgan fingerprint density at radius 1 is 1.28 bits per heavy atom. The molecule has 3 rings (SSSR count). The number of benzene rings is 1. The Kier molecular flexibility index (Phi) is 4.83. The highest BCUT2D eigenvalue weighted by Gasteiger charge is 2.28. The molecule has 7 heteroatoms. The number of aliphatic carboxylic acids is 1. The molecule has 1 aliphatic carbocycles. The molecule has 1 aliphatic rings. The van der Waals surface area contributed by atoms with Crippen molar-refractivity contribution in [2.75, 3.05) is 13.6 Å². The highest BCUT2D eigenvalue weighted by molar-refractivity contribution is 5.94. The zero-order chi connectivity index (χ0) is 18.0. The van der Waals surface area contributed by atoms with Crippen molar-refractivity contribution in [3.8, 4) is 5.69 Å². The summed E-state index contributed by atoms with van der Waals surface area (Å²) in [4.78, 5) is 24.8. The van der Waals surface area contributed by atoms with E-state index in [9.17, 15) is 14.0 Å². The molecular weight excluding hydrogens is 325 g/mol. The van der Waals surface area contributed by atoms with Crippen LogP contribution < -0.4 is 0 Å². The van der Waals surface area contributed by atoms with Gasteiger partial charge in [0.15, 0.2) is 5.69 Å². The SMILES string of the molecule is CN(CCCC(=O)O)C(=O)c1nn(-c2ccc(F)cc2)c2c1CCC2. The van der Waals surface area contributed by atoms with Gasteiger partial charge in [0.25, 0.3) is 5.91 Å². The molecule has 1 N–H and O–H groups in total. The van der Waals surface area contributed by atoms with Crippen LogP contribution in [-0.2, 0) is 17.6 Å². The predicted molar refractivity (Wildman–Crippen MR) is 89.4 cm³/mol. The molecule has 0 atom stereocenters. The molecule has 1 heterocycles. The van der Waals surface area contributed by atoms with Crippen LogP contribution in [0.5, 0.6) is 0 Å². The first-order valence-electron chi connectivity index (χ1n) is 8.31. The van der Waals surface area contributed by atoms with Crippen molar-refractivity contribution in [2.24, 2.45) is 0 Å². The van der Waals surface area contributed by atoms with Gasteiger partial charge in [-0.25, -0.2) is 9.07 Å². The normalized spacial score (nSPS) is 12.9. The number of carboxylic acid groups (broad SMARTS) is 1. The highest BCUT2D eigenvalue weighted by Crippen LogP contribution is 2.28. The Labute approximate surface area is 144 Å². The maximum absolute atomic E-state index is 13.2. The fourth-order valence-corrected chi connectivity index (χ4v) is 3.15. The first-order valence-corrected chi connectivity index (χ1v) is 8.31. The van der Waals surface area contributed by atoms with Gasteiger partial charge in [0.05, 0.1) is 5.69 Å². The second-order valence-corrected chi connectivity index (χ2v) is 6.24. The van der Waals surface area contributed by atoms with Crippen LogP contribution in [-0.4, -0.2) is 45.3 Å². The van der Waals surface area contributed by atoms with E-state index in [4.69, 9.17) is 5.11 Å². The summed E-state index contributed by atoms with van der Waals surface area (Å²) >= 11 is 0. The predicted octanol–water partition coefficient (Wildman–Crippen LogP) is 2.44. The number of carbonyl (C=O) groups excluding carboxylic acids is 1. The van der Waals surface area contributed by atoms with Crippen LogP contribution in [0, 0.1) is 5.82 Å². The van der Waals surface area contributed by atoms with Crippen LogP contribution in [0.3, 0.4) is 0 Å². The van der Waals surface area contributed by atoms with Crippen molar-refractivity contribution >= 4 is 11.9 Å². The van der Waals surface area contributed by atoms with Crippen molar-refractivity contribution < 1.29 is 19.1 Å². The van der Waals surface area contributed by atoms with Crippen molar-refractivity contribution in [1.82, 2.24) is 14.7 Å². The van der Waals surface area contributed by atoms with Gasteiger partial charge in [0.2, 0.25) is 0 Å². The maximum Gasteiger partial charge on any atom is 0.303 e. The third kappa shape index (κ3) is 3.55. The lowest BCUT2D eigenvalue weighted by Gasteiger charge is -2.15. The molecule has 6 nitrogen and oxygen atoms in total. The topological polar surface area (TPSA) is 75.4 Å². The lowest BCUT2D eigenvalue weighted by atomic mass is 10.2. The zero-order valence-corrected chi connectivity index (χ0v) is 14.0. The lowest BCUT2D eigenvalue weighted by molar-refractivity contribution is -0.137. The summed E-state index contributed by atoms with van der Waals surface area (Å²) in [6.07, 6.45) is 3.01. The standard InChI is InChI=1S/C18H20FN3O3/c1-21(11-3-6-16(23)24)18(25)17-14-4-2-5-15(14)22(20-17)13-9-7-12(19)8-10-13/h7-10H,2-6,11H2,1H3,(H,23,24). The minimum atomic E-state index is -0.873. The molecule has 0 fully saturated rings. The van der Waals surface area contributed by atoms with E-state index in [-0.39, 0.29) is 18.1 Å². The van der Waals surface area contributed by atoms with Crippen molar-refractivity contribution in [3.05, 3.63) is 47.0 Å². The van der Waals surface area contributed by atoms with Gasteiger partial charge >= 0.3 is 5.97 Å². The third-order valence-electron chi connectivity index (χ3n) is 4.43. The first kappa shape index (κ1) is 17.1. The van der Waals surface area contributed by atoms with Crippen LogP contribution in [0.15, 0.2) is 24.3 Å². The minimum Gasteiger partial charge on any atom is -0.481 e. The lowest BCUT2D eigenvalue weighted by Crippen LogP contribution is -2.29. The fraction of sp³-hybridized carbons (Fsp3) is 0.389. The van der Waals surface area contributed by atoms with Crippen molar-refractivity contribution in [2.45, 2.75) is 32.1 Å². The summed E-state index contributed by atoms with van der Waals surface area (Å²) in [5.74, 6) is -1.39. The molecule has 1 aromatic heterocycles. The van der Waals surface area contributed by atoms with Gasteiger partial charge in [-0.15, -0.1) is 0 Å². The Morgan fingerprint density at radius 3 is 2.68 bits per heavy atom. The number of fused-ring (bicyclic) bond motifs is 1. The van der Waals surface area contributed by atoms with Gasteiger partial charge in [-0.1, -0.05) is 0 Å². The number of hydrogen-bond acceptors (Lipinski definition) is 3. The number of aromatic nitrogens is 2. The summed E-state index contributed by atoms with van der Waals surface area (Å²) in [7, 11) is 1.66. The second kappa shape index (κ2) is 7.04. The minimum absolute atomic E-state index is 0.0275. The van der Waals surface area contributed by atoms with Crippen molar-refractivity contribution in [1.29, 1.82) is 0 Å². The number of halogens is 1. The highest BCUT2D eigenvalue weighted by atomic mass is 19.1. The van der Waals surface area contributed by atoms with E-state index in [2.05, 4.69) is 5.10 Å². The Balaban J connectivity index is 1.85. The molecule has 0 spiro atoms. The van der Waals surface area contributed by atoms with E-state index in [0.717, 1.165) is 36.2 Å². The number of carbonyl (C=O) groups is 2. The summed E-state index contributed by atoms with van der Waals surface area (Å²) in [6.45, 7) is 0.364. The molecule has 1 aromatic carbocycles. The number of hydrogen-bond donors (Lipinski definition) is 1. The van der Waals surface area contributed by atoms with E-state index in [1.807, 2.05) is 0 Å². The molecular formula is C18H20FN3O3. The Morgan fingerprint density at radius 2 is 2.00 bits per heavy atom. The third-order valence-corrected chi connectivity index (χ3v) is 4.43. The van der Waals surface area contributed by atoms with Gasteiger partial charge in [-0.2, -0.15) is 5.10 Å². The molecule has 1 amide bonds. The molecule has 25 heavy (non-hydrogen) atoms. The Bertz CT molecular complexity index is 799. The maximum atomic E-state index is 13.2. The van der Waals surface area contributed by atoms with Gasteiger partial charge in [-0.05, 0) is 49.9 Å². The molecule has 0 bridgehead atoms. The van der Waals surface area contributed by atoms with Crippen LogP contribution in [0.2, 0.25) is 0 Å². The largest absolute Gasteiger partial charge is 0.481 e. The molecule has 0 saturated heterocycles. The van der Waals surface area contributed by atoms with Gasteiger partial charge < -0.3 is 10.0 Å². The van der Waals surface area contributed by atoms with E-state index in [0.29, 0.717) is 18.7 Å². The second-order valence-electron chi connectivity index (χ2n) is 6.24. The summed E-state index contributed by atoms with van der Waals surface area (Å²) < 4.78 is 14.9. The van der Waals surface area contributed by atoms with Gasteiger partial charge in [-0.3, -0.25) is 9.59 Å². The molecule has 0 radical (unpaired) electrons. The molecule has 0 saturated carbocycles. The number of rotatable bonds is 6. The van der Waals surface area contributed by atoms with Gasteiger partial charge in [0, 0.05) is 31.3 Å². The number of amides is 1. The average Bonchev–Trinajstić information content (AvgIpc) is 3.17. The summed E-state index contributed by atoms with van der Waals surface area (Å²) in [6, 6.07) is 6.04. The monoisotopic (exact) mass is 345 g/mol. The Hall–Kier alpha value is -2.70. The number of carboxylic acids is 1. The fourth-order valence-electron chi connectivity index (χ4n) is 3.15. The molecule has 0 unspecified atom stereocenters. The van der Waals surface area contributed by atoms with E-state index < -0.39 is 5.97 Å². The van der Waals surface area contributed by atoms with E-state index >= 15 is 0 Å². The average molecular weight is 345 g/mol. The van der Waals surface area contributed by atoms with Gasteiger partial charge in [0.1, 0.15) is 5.82 Å². The zero-order valence-electron chi connectivity index (χ0n) is 14.0. The summed E-state index contributed by atoms with van der Waals surface area (Å²) in [5, 5.41) is 13.2. The molecule has 0 aliphatic heterocycles. The first-order chi connectivity index (χ1) is 12.0. The molecule has 132 valence electrons.